The Morgan fingerprint density at radius 3 is 2.38 bits per heavy atom. The number of aliphatic hydroxyl groups excluding tert-OH is 1. The third-order valence-corrected chi connectivity index (χ3v) is 6.52. The summed E-state index contributed by atoms with van der Waals surface area (Å²) in [5, 5.41) is 10.8. The second-order valence-electron chi connectivity index (χ2n) is 8.63. The lowest BCUT2D eigenvalue weighted by Gasteiger charge is -2.34. The van der Waals surface area contributed by atoms with Gasteiger partial charge in [-0.1, -0.05) is 11.9 Å². The molecule has 3 amide bonds. The SMILES string of the molecule is CCN1CC[N+](=C2N=C3C(C(=O)N(C)C(=O)N3C)N2CC(O)COc2ccc(OC)cc2)CC1. The molecular weight excluding hydrogens is 440 g/mol. The first-order chi connectivity index (χ1) is 16.3. The van der Waals surface area contributed by atoms with Crippen molar-refractivity contribution in [2.75, 3.05) is 67.1 Å². The fourth-order valence-electron chi connectivity index (χ4n) is 4.43. The number of β-amino-alcohol motifs (C(OH)–C–C–N with tert-alkyl or cyclic N) is 1. The van der Waals surface area contributed by atoms with Gasteiger partial charge in [-0.05, 0) is 30.8 Å². The van der Waals surface area contributed by atoms with E-state index in [4.69, 9.17) is 14.5 Å². The van der Waals surface area contributed by atoms with E-state index in [0.717, 1.165) is 43.4 Å². The predicted octanol–water partition coefficient (Wildman–Crippen LogP) is -0.255. The fourth-order valence-corrected chi connectivity index (χ4v) is 4.43. The van der Waals surface area contributed by atoms with Gasteiger partial charge < -0.3 is 14.6 Å². The maximum absolute atomic E-state index is 13.1. The van der Waals surface area contributed by atoms with Crippen LogP contribution in [-0.4, -0.2) is 132 Å². The molecule has 0 saturated carbocycles. The van der Waals surface area contributed by atoms with Crippen LogP contribution in [0, 0.1) is 0 Å². The van der Waals surface area contributed by atoms with E-state index in [9.17, 15) is 14.7 Å². The van der Waals surface area contributed by atoms with E-state index in [1.54, 1.807) is 43.3 Å². The van der Waals surface area contributed by atoms with E-state index in [0.29, 0.717) is 17.5 Å². The molecule has 1 N–H and O–H groups in total. The topological polar surface area (TPSA) is 101 Å². The van der Waals surface area contributed by atoms with Crippen LogP contribution in [0.4, 0.5) is 4.79 Å². The number of ether oxygens (including phenoxy) is 2. The average Bonchev–Trinajstić information content (AvgIpc) is 3.24. The first kappa shape index (κ1) is 24.0. The Hall–Kier alpha value is -3.18. The van der Waals surface area contributed by atoms with Gasteiger partial charge in [-0.15, -0.1) is 0 Å². The lowest BCUT2D eigenvalue weighted by atomic mass is 10.1. The van der Waals surface area contributed by atoms with Crippen LogP contribution in [-0.2, 0) is 4.79 Å². The largest absolute Gasteiger partial charge is 0.497 e. The number of methoxy groups -OCH3 is 1. The number of guanidine groups is 1. The number of rotatable bonds is 7. The average molecular weight is 474 g/mol. The van der Waals surface area contributed by atoms with Crippen molar-refractivity contribution in [3.63, 3.8) is 0 Å². The van der Waals surface area contributed by atoms with E-state index in [1.165, 1.54) is 11.9 Å². The van der Waals surface area contributed by atoms with Gasteiger partial charge in [0.25, 0.3) is 5.91 Å². The Labute approximate surface area is 199 Å². The molecule has 3 aliphatic heterocycles. The van der Waals surface area contributed by atoms with E-state index in [-0.39, 0.29) is 19.1 Å². The van der Waals surface area contributed by atoms with E-state index < -0.39 is 18.2 Å². The lowest BCUT2D eigenvalue weighted by Crippen LogP contribution is -2.63. The minimum atomic E-state index is -0.885. The minimum absolute atomic E-state index is 0.0422. The zero-order valence-corrected chi connectivity index (χ0v) is 20.2. The van der Waals surface area contributed by atoms with Gasteiger partial charge in [-0.3, -0.25) is 24.1 Å². The predicted molar refractivity (Wildman–Crippen MR) is 125 cm³/mol. The quantitative estimate of drug-likeness (QED) is 0.545. The molecule has 3 heterocycles. The Balaban J connectivity index is 1.54. The molecule has 184 valence electrons. The van der Waals surface area contributed by atoms with Crippen LogP contribution in [0.2, 0.25) is 0 Å². The van der Waals surface area contributed by atoms with Gasteiger partial charge in [0.15, 0.2) is 0 Å². The van der Waals surface area contributed by atoms with Gasteiger partial charge in [0.05, 0.1) is 26.7 Å². The molecular formula is C23H33N6O5+. The van der Waals surface area contributed by atoms with Crippen LogP contribution in [0.3, 0.4) is 0 Å². The molecule has 0 aliphatic carbocycles. The van der Waals surface area contributed by atoms with Crippen molar-refractivity contribution in [2.24, 2.45) is 4.99 Å². The van der Waals surface area contributed by atoms with Crippen molar-refractivity contribution in [3.05, 3.63) is 24.3 Å². The summed E-state index contributed by atoms with van der Waals surface area (Å²) >= 11 is 0. The molecule has 11 nitrogen and oxygen atoms in total. The molecule has 1 aromatic rings. The van der Waals surface area contributed by atoms with Crippen molar-refractivity contribution in [1.29, 1.82) is 0 Å². The molecule has 34 heavy (non-hydrogen) atoms. The summed E-state index contributed by atoms with van der Waals surface area (Å²) in [7, 11) is 4.69. The van der Waals surface area contributed by atoms with E-state index in [1.807, 2.05) is 0 Å². The highest BCUT2D eigenvalue weighted by Gasteiger charge is 2.55. The maximum atomic E-state index is 13.1. The van der Waals surface area contributed by atoms with E-state index in [2.05, 4.69) is 16.4 Å². The molecule has 2 fully saturated rings. The number of fused-ring (bicyclic) bond motifs is 1. The van der Waals surface area contributed by atoms with Gasteiger partial charge in [-0.25, -0.2) is 9.69 Å². The van der Waals surface area contributed by atoms with Gasteiger partial charge in [0.2, 0.25) is 11.9 Å². The molecule has 1 aromatic carbocycles. The first-order valence-electron chi connectivity index (χ1n) is 11.5. The van der Waals surface area contributed by atoms with Crippen molar-refractivity contribution in [3.8, 4) is 11.5 Å². The third-order valence-electron chi connectivity index (χ3n) is 6.52. The molecule has 2 unspecified atom stereocenters. The summed E-state index contributed by atoms with van der Waals surface area (Å²) in [5.41, 5.74) is 0. The number of aliphatic hydroxyl groups is 1. The van der Waals surface area contributed by atoms with Crippen LogP contribution in [0.1, 0.15) is 6.92 Å². The number of nitrogens with zero attached hydrogens (tertiary/aromatic N) is 6. The highest BCUT2D eigenvalue weighted by Crippen LogP contribution is 2.24. The monoisotopic (exact) mass is 473 g/mol. The number of carbonyl (C=O) groups is 2. The molecule has 2 atom stereocenters. The Bertz CT molecular complexity index is 984. The minimum Gasteiger partial charge on any atom is -0.497 e. The summed E-state index contributed by atoms with van der Waals surface area (Å²) in [6, 6.07) is 5.94. The summed E-state index contributed by atoms with van der Waals surface area (Å²) in [6.07, 6.45) is -0.885. The summed E-state index contributed by atoms with van der Waals surface area (Å²) in [6.45, 7) is 6.57. The van der Waals surface area contributed by atoms with Crippen LogP contribution < -0.4 is 9.47 Å². The molecule has 2 saturated heterocycles. The van der Waals surface area contributed by atoms with Gasteiger partial charge in [0, 0.05) is 27.2 Å². The van der Waals surface area contributed by atoms with Gasteiger partial charge in [0.1, 0.15) is 24.2 Å². The van der Waals surface area contributed by atoms with Crippen LogP contribution >= 0.6 is 0 Å². The molecule has 0 aromatic heterocycles. The molecule has 11 heteroatoms. The number of imide groups is 1. The third kappa shape index (κ3) is 4.58. The number of likely N-dealkylation sites (N-methyl/N-ethyl adjacent to an activating group) is 3. The Kier molecular flexibility index (Phi) is 7.03. The second-order valence-corrected chi connectivity index (χ2v) is 8.63. The van der Waals surface area contributed by atoms with Crippen molar-refractivity contribution in [1.82, 2.24) is 19.6 Å². The molecule has 0 bridgehead atoms. The number of piperazine rings is 1. The summed E-state index contributed by atoms with van der Waals surface area (Å²) in [4.78, 5) is 37.0. The van der Waals surface area contributed by atoms with E-state index >= 15 is 0 Å². The van der Waals surface area contributed by atoms with Gasteiger partial charge in [-0.2, -0.15) is 0 Å². The van der Waals surface area contributed by atoms with Crippen LogP contribution in [0.25, 0.3) is 0 Å². The first-order valence-corrected chi connectivity index (χ1v) is 11.5. The van der Waals surface area contributed by atoms with Crippen LogP contribution in [0.15, 0.2) is 29.3 Å². The number of benzene rings is 1. The Morgan fingerprint density at radius 2 is 1.76 bits per heavy atom. The lowest BCUT2D eigenvalue weighted by molar-refractivity contribution is -0.544. The summed E-state index contributed by atoms with van der Waals surface area (Å²) < 4.78 is 13.0. The van der Waals surface area contributed by atoms with Gasteiger partial charge >= 0.3 is 12.0 Å². The highest BCUT2D eigenvalue weighted by atomic mass is 16.5. The smallest absolute Gasteiger partial charge is 0.392 e. The van der Waals surface area contributed by atoms with Crippen LogP contribution in [0.5, 0.6) is 11.5 Å². The number of amides is 3. The number of amidine groups is 1. The zero-order valence-electron chi connectivity index (χ0n) is 20.2. The number of aliphatic imine (C=N–C) groups is 1. The molecule has 4 rings (SSSR count). The molecule has 0 spiro atoms. The second kappa shape index (κ2) is 9.98. The normalized spacial score (nSPS) is 22.2. The number of carbonyl (C=O) groups excluding carboxylic acids is 2. The highest BCUT2D eigenvalue weighted by molar-refractivity contribution is 6.25. The zero-order chi connectivity index (χ0) is 24.4. The number of hydrogen-bond donors (Lipinski definition) is 1. The standard InChI is InChI=1S/C23H33N6O5/c1-5-27-10-12-28(13-11-27)22-24-20-19(21(31)26(3)23(32)25(20)2)29(22)14-16(30)15-34-18-8-6-17(33-4)7-9-18/h6-9,16,19,30H,5,10-15H2,1-4H3/q+1. The molecule has 0 radical (unpaired) electrons. The fraction of sp³-hybridized carbons (Fsp3) is 0.565. The number of urea groups is 1. The number of hydrogen-bond acceptors (Lipinski definition) is 6. The molecule has 3 aliphatic rings. The van der Waals surface area contributed by atoms with Crippen molar-refractivity contribution < 1.29 is 28.7 Å². The van der Waals surface area contributed by atoms with Crippen molar-refractivity contribution in [2.45, 2.75) is 19.1 Å². The van der Waals surface area contributed by atoms with Crippen molar-refractivity contribution >= 4 is 23.7 Å². The summed E-state index contributed by atoms with van der Waals surface area (Å²) in [5.74, 6) is 1.98. The maximum Gasteiger partial charge on any atom is 0.392 e. The Morgan fingerprint density at radius 1 is 1.12 bits per heavy atom.